The highest BCUT2D eigenvalue weighted by Gasteiger charge is 2.31. The van der Waals surface area contributed by atoms with Crippen LogP contribution in [0.15, 0.2) is 48.5 Å². The van der Waals surface area contributed by atoms with Crippen molar-refractivity contribution in [1.29, 1.82) is 0 Å². The Balaban J connectivity index is 0.000000840. The van der Waals surface area contributed by atoms with Gasteiger partial charge in [-0.2, -0.15) is 13.2 Å². The van der Waals surface area contributed by atoms with E-state index >= 15 is 0 Å². The normalized spacial score (nSPS) is 14.2. The van der Waals surface area contributed by atoms with Crippen molar-refractivity contribution in [3.05, 3.63) is 70.8 Å². The third-order valence-electron chi connectivity index (χ3n) is 6.48. The molecule has 2 N–H and O–H groups in total. The number of nitrogens with zero attached hydrogens (tertiary/aromatic N) is 1. The van der Waals surface area contributed by atoms with Crippen molar-refractivity contribution in [2.24, 2.45) is 5.92 Å². The number of alkyl halides is 4. The third kappa shape index (κ3) is 12.3. The zero-order chi connectivity index (χ0) is 29.5. The number of carbonyl (C=O) groups excluding carboxylic acids is 3. The Morgan fingerprint density at radius 3 is 2.20 bits per heavy atom. The van der Waals surface area contributed by atoms with E-state index in [1.165, 1.54) is 25.3 Å². The van der Waals surface area contributed by atoms with E-state index in [1.54, 1.807) is 12.1 Å². The summed E-state index contributed by atoms with van der Waals surface area (Å²) in [5, 5.41) is 4.65. The largest absolute Gasteiger partial charge is 0.416 e. The van der Waals surface area contributed by atoms with Gasteiger partial charge in [0.15, 0.2) is 0 Å². The second-order valence-corrected chi connectivity index (χ2v) is 10.4. The van der Waals surface area contributed by atoms with E-state index in [9.17, 15) is 27.6 Å². The van der Waals surface area contributed by atoms with Gasteiger partial charge in [-0.05, 0) is 85.8 Å². The molecule has 6 nitrogen and oxygen atoms in total. The van der Waals surface area contributed by atoms with Gasteiger partial charge in [0.1, 0.15) is 0 Å². The average Bonchev–Trinajstić information content (AvgIpc) is 2.94. The first-order valence-corrected chi connectivity index (χ1v) is 14.2. The van der Waals surface area contributed by atoms with Crippen LogP contribution in [0, 0.1) is 5.92 Å². The minimum Gasteiger partial charge on any atom is -0.354 e. The quantitative estimate of drug-likeness (QED) is 0.181. The number of piperidine rings is 1. The number of amides is 2. The van der Waals surface area contributed by atoms with Crippen molar-refractivity contribution in [2.75, 3.05) is 32.1 Å². The van der Waals surface area contributed by atoms with Crippen molar-refractivity contribution in [1.82, 2.24) is 15.5 Å². The molecule has 0 aliphatic carbocycles. The summed E-state index contributed by atoms with van der Waals surface area (Å²) >= 11 is 10.8. The summed E-state index contributed by atoms with van der Waals surface area (Å²) in [6.45, 7) is 4.82. The number of rotatable bonds is 11. The van der Waals surface area contributed by atoms with E-state index in [-0.39, 0.29) is 12.1 Å². The molecule has 2 aromatic carbocycles. The van der Waals surface area contributed by atoms with Crippen LogP contribution in [-0.2, 0) is 17.5 Å². The van der Waals surface area contributed by atoms with E-state index < -0.39 is 28.8 Å². The standard InChI is InChI=1S/C24H25ClF3N3O3.C5H11Cl/c25-22(33)18-6-4-17(5-7-18)15-31-10-8-16(9-11-31)13-29-21(32)14-30-23(34)19-2-1-3-20(12-19)24(26,27)28;1-2-3-4-5-6/h1-7,12,16H,8-11,13-15H2,(H,29,32)(H,30,34);2-5H2,1H3. The van der Waals surface area contributed by atoms with Crippen LogP contribution in [0.4, 0.5) is 13.2 Å². The van der Waals surface area contributed by atoms with Gasteiger partial charge in [-0.1, -0.05) is 38.0 Å². The van der Waals surface area contributed by atoms with E-state index in [0.29, 0.717) is 18.0 Å². The number of unbranched alkanes of at least 4 members (excludes halogenated alkanes) is 2. The average molecular weight is 603 g/mol. The molecule has 1 fully saturated rings. The van der Waals surface area contributed by atoms with E-state index in [4.69, 9.17) is 23.2 Å². The molecule has 3 rings (SSSR count). The zero-order valence-corrected chi connectivity index (χ0v) is 24.0. The Hall–Kier alpha value is -2.62. The molecule has 220 valence electrons. The molecule has 0 aromatic heterocycles. The minimum absolute atomic E-state index is 0.154. The fraction of sp³-hybridized carbons (Fsp3) is 0.483. The highest BCUT2D eigenvalue weighted by molar-refractivity contribution is 6.67. The highest BCUT2D eigenvalue weighted by Crippen LogP contribution is 2.29. The van der Waals surface area contributed by atoms with Crippen LogP contribution in [0.5, 0.6) is 0 Å². The number of nitrogens with one attached hydrogen (secondary N) is 2. The highest BCUT2D eigenvalue weighted by atomic mass is 35.5. The maximum absolute atomic E-state index is 12.8. The van der Waals surface area contributed by atoms with E-state index in [0.717, 1.165) is 62.1 Å². The Labute approximate surface area is 243 Å². The predicted molar refractivity (Wildman–Crippen MR) is 152 cm³/mol. The molecule has 2 amide bonds. The van der Waals surface area contributed by atoms with Crippen LogP contribution in [-0.4, -0.2) is 54.0 Å². The predicted octanol–water partition coefficient (Wildman–Crippen LogP) is 6.26. The van der Waals surface area contributed by atoms with Crippen LogP contribution in [0.1, 0.15) is 70.9 Å². The van der Waals surface area contributed by atoms with E-state index in [2.05, 4.69) is 22.5 Å². The van der Waals surface area contributed by atoms with Gasteiger partial charge >= 0.3 is 6.18 Å². The molecule has 0 bridgehead atoms. The molecule has 0 radical (unpaired) electrons. The van der Waals surface area contributed by atoms with Gasteiger partial charge in [0.2, 0.25) is 5.91 Å². The lowest BCUT2D eigenvalue weighted by atomic mass is 9.96. The molecule has 11 heteroatoms. The molecule has 1 aliphatic heterocycles. The molecular formula is C29H36Cl2F3N3O3. The van der Waals surface area contributed by atoms with Gasteiger partial charge in [-0.25, -0.2) is 0 Å². The van der Waals surface area contributed by atoms with Crippen molar-refractivity contribution >= 4 is 40.3 Å². The number of halogens is 5. The van der Waals surface area contributed by atoms with Gasteiger partial charge < -0.3 is 10.6 Å². The Bertz CT molecular complexity index is 1090. The maximum atomic E-state index is 12.8. The lowest BCUT2D eigenvalue weighted by Gasteiger charge is -2.32. The number of likely N-dealkylation sites (tertiary alicyclic amines) is 1. The molecule has 1 aliphatic rings. The van der Waals surface area contributed by atoms with Crippen molar-refractivity contribution in [3.8, 4) is 0 Å². The summed E-state index contributed by atoms with van der Waals surface area (Å²) in [5.74, 6) is -0.00120. The van der Waals surface area contributed by atoms with Gasteiger partial charge in [0.05, 0.1) is 12.1 Å². The first kappa shape index (κ1) is 33.6. The summed E-state index contributed by atoms with van der Waals surface area (Å²) in [7, 11) is 0. The number of benzene rings is 2. The van der Waals surface area contributed by atoms with Crippen LogP contribution in [0.2, 0.25) is 0 Å². The first-order chi connectivity index (χ1) is 19.0. The lowest BCUT2D eigenvalue weighted by Crippen LogP contribution is -2.41. The Morgan fingerprint density at radius 1 is 0.975 bits per heavy atom. The summed E-state index contributed by atoms with van der Waals surface area (Å²) in [6.07, 6.45) is 0.983. The maximum Gasteiger partial charge on any atom is 0.416 e. The van der Waals surface area contributed by atoms with Crippen molar-refractivity contribution in [2.45, 2.75) is 51.7 Å². The lowest BCUT2D eigenvalue weighted by molar-refractivity contribution is -0.137. The second kappa shape index (κ2) is 17.3. The fourth-order valence-corrected chi connectivity index (χ4v) is 4.43. The molecule has 1 saturated heterocycles. The van der Waals surface area contributed by atoms with Crippen LogP contribution < -0.4 is 10.6 Å². The second-order valence-electron chi connectivity index (χ2n) is 9.65. The fourth-order valence-electron chi connectivity index (χ4n) is 4.11. The Kier molecular flexibility index (Phi) is 14.5. The first-order valence-electron chi connectivity index (χ1n) is 13.3. The van der Waals surface area contributed by atoms with Crippen molar-refractivity contribution < 1.29 is 27.6 Å². The molecule has 0 spiro atoms. The van der Waals surface area contributed by atoms with Gasteiger partial charge in [-0.15, -0.1) is 11.6 Å². The molecule has 2 aromatic rings. The molecule has 0 atom stereocenters. The monoisotopic (exact) mass is 601 g/mol. The number of hydrogen-bond acceptors (Lipinski definition) is 4. The summed E-state index contributed by atoms with van der Waals surface area (Å²) in [4.78, 5) is 37.6. The van der Waals surface area contributed by atoms with Crippen LogP contribution in [0.25, 0.3) is 0 Å². The van der Waals surface area contributed by atoms with Gasteiger partial charge in [0.25, 0.3) is 11.1 Å². The third-order valence-corrected chi connectivity index (χ3v) is 6.97. The molecular weight excluding hydrogens is 566 g/mol. The SMILES string of the molecule is CCCCCCl.O=C(CNC(=O)c1cccc(C(F)(F)F)c1)NCC1CCN(Cc2ccc(C(=O)Cl)cc2)CC1. The zero-order valence-electron chi connectivity index (χ0n) is 22.5. The smallest absolute Gasteiger partial charge is 0.354 e. The summed E-state index contributed by atoms with van der Waals surface area (Å²) < 4.78 is 38.3. The molecule has 1 heterocycles. The number of carbonyl (C=O) groups is 3. The van der Waals surface area contributed by atoms with Crippen molar-refractivity contribution in [3.63, 3.8) is 0 Å². The van der Waals surface area contributed by atoms with Gasteiger partial charge in [-0.3, -0.25) is 19.3 Å². The van der Waals surface area contributed by atoms with Gasteiger partial charge in [0, 0.05) is 30.1 Å². The minimum atomic E-state index is -4.54. The van der Waals surface area contributed by atoms with Crippen LogP contribution >= 0.6 is 23.2 Å². The van der Waals surface area contributed by atoms with Crippen LogP contribution in [0.3, 0.4) is 0 Å². The summed E-state index contributed by atoms with van der Waals surface area (Å²) in [5.41, 5.74) is 0.480. The summed E-state index contributed by atoms with van der Waals surface area (Å²) in [6, 6.07) is 11.2. The number of hydrogen-bond donors (Lipinski definition) is 2. The van der Waals surface area contributed by atoms with E-state index in [1.807, 2.05) is 12.1 Å². The topological polar surface area (TPSA) is 78.5 Å². The molecule has 0 saturated carbocycles. The molecule has 0 unspecified atom stereocenters. The Morgan fingerprint density at radius 2 is 1.65 bits per heavy atom. The molecule has 40 heavy (non-hydrogen) atoms.